The molecule has 7 nitrogen and oxygen atoms in total. The fourth-order valence-electron chi connectivity index (χ4n) is 1.76. The predicted molar refractivity (Wildman–Crippen MR) is 74.1 cm³/mol. The Bertz CT molecular complexity index is 780. The van der Waals surface area contributed by atoms with Crippen molar-refractivity contribution in [2.24, 2.45) is 7.05 Å². The van der Waals surface area contributed by atoms with Gasteiger partial charge >= 0.3 is 5.97 Å². The maximum atomic E-state index is 11.5. The minimum Gasteiger partial charge on any atom is -0.487 e. The highest BCUT2D eigenvalue weighted by Gasteiger charge is 2.16. The Hall–Kier alpha value is -2.35. The van der Waals surface area contributed by atoms with Gasteiger partial charge < -0.3 is 9.84 Å². The minimum atomic E-state index is -3.32. The lowest BCUT2D eigenvalue weighted by Crippen LogP contribution is -2.08. The second-order valence-electron chi connectivity index (χ2n) is 4.47. The number of rotatable bonds is 5. The van der Waals surface area contributed by atoms with Gasteiger partial charge in [0.2, 0.25) is 0 Å². The summed E-state index contributed by atoms with van der Waals surface area (Å²) in [4.78, 5) is 11.2. The first-order valence-electron chi connectivity index (χ1n) is 5.96. The van der Waals surface area contributed by atoms with Crippen LogP contribution in [0.25, 0.3) is 0 Å². The van der Waals surface area contributed by atoms with Gasteiger partial charge in [0.15, 0.2) is 9.84 Å². The van der Waals surface area contributed by atoms with E-state index in [1.807, 2.05) is 0 Å². The third kappa shape index (κ3) is 3.40. The van der Waals surface area contributed by atoms with Gasteiger partial charge in [-0.3, -0.25) is 4.68 Å². The maximum absolute atomic E-state index is 11.5. The fraction of sp³-hybridized carbons (Fsp3) is 0.231. The van der Waals surface area contributed by atoms with Crippen LogP contribution in [0.4, 0.5) is 0 Å². The summed E-state index contributed by atoms with van der Waals surface area (Å²) in [6.45, 7) is -0.0225. The van der Waals surface area contributed by atoms with Crippen LogP contribution in [0, 0.1) is 0 Å². The molecule has 8 heteroatoms. The van der Waals surface area contributed by atoms with E-state index in [0.717, 1.165) is 6.26 Å². The van der Waals surface area contributed by atoms with Crippen LogP contribution in [-0.2, 0) is 23.5 Å². The number of hydrogen-bond acceptors (Lipinski definition) is 5. The molecule has 0 radical (unpaired) electrons. The van der Waals surface area contributed by atoms with E-state index in [9.17, 15) is 13.2 Å². The molecule has 1 heterocycles. The number of benzene rings is 1. The Labute approximate surface area is 121 Å². The summed E-state index contributed by atoms with van der Waals surface area (Å²) in [7, 11) is -1.71. The molecule has 112 valence electrons. The van der Waals surface area contributed by atoms with E-state index in [2.05, 4.69) is 5.10 Å². The van der Waals surface area contributed by atoms with Gasteiger partial charge in [-0.15, -0.1) is 0 Å². The molecule has 21 heavy (non-hydrogen) atoms. The van der Waals surface area contributed by atoms with Crippen molar-refractivity contribution >= 4 is 15.8 Å². The summed E-state index contributed by atoms with van der Waals surface area (Å²) in [5, 5.41) is 12.9. The van der Waals surface area contributed by atoms with Crippen LogP contribution in [0.5, 0.6) is 5.75 Å². The fourth-order valence-corrected chi connectivity index (χ4v) is 2.42. The average Bonchev–Trinajstić information content (AvgIpc) is 2.77. The average molecular weight is 310 g/mol. The van der Waals surface area contributed by atoms with Crippen LogP contribution in [0.2, 0.25) is 0 Å². The molecule has 0 bridgehead atoms. The number of sulfone groups is 1. The summed E-state index contributed by atoms with van der Waals surface area (Å²) >= 11 is 0. The van der Waals surface area contributed by atoms with Crippen LogP contribution < -0.4 is 4.74 Å². The number of nitrogens with zero attached hydrogens (tertiary/aromatic N) is 2. The lowest BCUT2D eigenvalue weighted by Gasteiger charge is -2.08. The molecule has 1 aromatic heterocycles. The molecule has 2 rings (SSSR count). The van der Waals surface area contributed by atoms with E-state index in [0.29, 0.717) is 11.4 Å². The van der Waals surface area contributed by atoms with Crippen LogP contribution in [0.3, 0.4) is 0 Å². The number of ether oxygens (including phenoxy) is 1. The number of carboxylic acid groups (broad SMARTS) is 1. The van der Waals surface area contributed by atoms with Gasteiger partial charge in [0.05, 0.1) is 16.8 Å². The zero-order chi connectivity index (χ0) is 15.6. The van der Waals surface area contributed by atoms with Crippen molar-refractivity contribution in [1.82, 2.24) is 9.78 Å². The van der Waals surface area contributed by atoms with Gasteiger partial charge in [0.1, 0.15) is 17.9 Å². The highest BCUT2D eigenvalue weighted by Crippen LogP contribution is 2.19. The monoisotopic (exact) mass is 310 g/mol. The van der Waals surface area contributed by atoms with E-state index in [1.165, 1.54) is 23.0 Å². The first-order chi connectivity index (χ1) is 9.79. The third-order valence-electron chi connectivity index (χ3n) is 2.90. The highest BCUT2D eigenvalue weighted by molar-refractivity contribution is 7.90. The van der Waals surface area contributed by atoms with Gasteiger partial charge in [0, 0.05) is 13.3 Å². The Morgan fingerprint density at radius 2 is 2.14 bits per heavy atom. The van der Waals surface area contributed by atoms with Crippen molar-refractivity contribution in [3.63, 3.8) is 0 Å². The molecular weight excluding hydrogens is 296 g/mol. The molecule has 2 aromatic rings. The summed E-state index contributed by atoms with van der Waals surface area (Å²) in [6, 6.07) is 6.03. The Kier molecular flexibility index (Phi) is 3.99. The molecule has 0 amide bonds. The zero-order valence-electron chi connectivity index (χ0n) is 11.5. The SMILES string of the molecule is Cn1ncc(C(=O)O)c1COc1cccc(S(C)(=O)=O)c1. The Morgan fingerprint density at radius 1 is 1.43 bits per heavy atom. The van der Waals surface area contributed by atoms with Gasteiger partial charge in [-0.1, -0.05) is 6.07 Å². The summed E-state index contributed by atoms with van der Waals surface area (Å²) in [5.74, 6) is -0.748. The first-order valence-corrected chi connectivity index (χ1v) is 7.85. The number of aromatic nitrogens is 2. The quantitative estimate of drug-likeness (QED) is 0.888. The van der Waals surface area contributed by atoms with E-state index in [1.54, 1.807) is 19.2 Å². The van der Waals surface area contributed by atoms with Gasteiger partial charge in [-0.05, 0) is 18.2 Å². The van der Waals surface area contributed by atoms with E-state index < -0.39 is 15.8 Å². The summed E-state index contributed by atoms with van der Waals surface area (Å²) < 4.78 is 29.8. The maximum Gasteiger partial charge on any atom is 0.339 e. The van der Waals surface area contributed by atoms with Crippen molar-refractivity contribution < 1.29 is 23.1 Å². The number of carboxylic acids is 1. The van der Waals surface area contributed by atoms with Crippen molar-refractivity contribution in [1.29, 1.82) is 0 Å². The van der Waals surface area contributed by atoms with Crippen molar-refractivity contribution in [2.75, 3.05) is 6.26 Å². The van der Waals surface area contributed by atoms with Gasteiger partial charge in [-0.2, -0.15) is 5.10 Å². The van der Waals surface area contributed by atoms with Gasteiger partial charge in [0.25, 0.3) is 0 Å². The number of carbonyl (C=O) groups is 1. The second kappa shape index (κ2) is 5.57. The summed E-state index contributed by atoms with van der Waals surface area (Å²) in [6.07, 6.45) is 2.35. The smallest absolute Gasteiger partial charge is 0.339 e. The molecule has 0 aliphatic heterocycles. The molecule has 1 N–H and O–H groups in total. The number of hydrogen-bond donors (Lipinski definition) is 1. The summed E-state index contributed by atoms with van der Waals surface area (Å²) in [5.41, 5.74) is 0.448. The molecule has 0 atom stereocenters. The van der Waals surface area contributed by atoms with Gasteiger partial charge in [-0.25, -0.2) is 13.2 Å². The van der Waals surface area contributed by atoms with Crippen molar-refractivity contribution in [3.05, 3.63) is 41.7 Å². The van der Waals surface area contributed by atoms with Crippen molar-refractivity contribution in [3.8, 4) is 5.75 Å². The minimum absolute atomic E-state index is 0.0225. The second-order valence-corrected chi connectivity index (χ2v) is 6.49. The molecule has 0 aliphatic rings. The molecule has 0 aliphatic carbocycles. The lowest BCUT2D eigenvalue weighted by atomic mass is 10.2. The van der Waals surface area contributed by atoms with Crippen LogP contribution in [0.15, 0.2) is 35.4 Å². The normalized spacial score (nSPS) is 11.3. The van der Waals surface area contributed by atoms with Crippen LogP contribution in [0.1, 0.15) is 16.1 Å². The zero-order valence-corrected chi connectivity index (χ0v) is 12.3. The first kappa shape index (κ1) is 15.0. The molecular formula is C13H14N2O5S. The molecule has 0 saturated carbocycles. The third-order valence-corrected chi connectivity index (χ3v) is 4.01. The molecule has 0 saturated heterocycles. The lowest BCUT2D eigenvalue weighted by molar-refractivity contribution is 0.0693. The molecule has 1 aromatic carbocycles. The molecule has 0 unspecified atom stereocenters. The highest BCUT2D eigenvalue weighted by atomic mass is 32.2. The van der Waals surface area contributed by atoms with E-state index in [4.69, 9.17) is 9.84 Å². The number of aryl methyl sites for hydroxylation is 1. The molecule has 0 spiro atoms. The molecule has 0 fully saturated rings. The largest absolute Gasteiger partial charge is 0.487 e. The topological polar surface area (TPSA) is 98.5 Å². The van der Waals surface area contributed by atoms with Crippen LogP contribution in [-0.4, -0.2) is 35.5 Å². The van der Waals surface area contributed by atoms with Crippen molar-refractivity contribution in [2.45, 2.75) is 11.5 Å². The Balaban J connectivity index is 2.21. The van der Waals surface area contributed by atoms with E-state index >= 15 is 0 Å². The predicted octanol–water partition coefficient (Wildman–Crippen LogP) is 1.10. The number of aromatic carboxylic acids is 1. The standard InChI is InChI=1S/C13H14N2O5S/c1-15-12(11(7-14-15)13(16)17)8-20-9-4-3-5-10(6-9)21(2,18)19/h3-7H,8H2,1-2H3,(H,16,17). The van der Waals surface area contributed by atoms with E-state index in [-0.39, 0.29) is 17.1 Å². The Morgan fingerprint density at radius 3 is 2.76 bits per heavy atom. The van der Waals surface area contributed by atoms with Crippen LogP contribution >= 0.6 is 0 Å².